The molecule has 1 aliphatic heterocycles. The average molecular weight is 432 g/mol. The highest BCUT2D eigenvalue weighted by molar-refractivity contribution is 5.85. The average Bonchev–Trinajstić information content (AvgIpc) is 2.67. The number of piperazine rings is 1. The van der Waals surface area contributed by atoms with Crippen LogP contribution >= 0.6 is 24.8 Å². The van der Waals surface area contributed by atoms with Gasteiger partial charge in [-0.2, -0.15) is 0 Å². The summed E-state index contributed by atoms with van der Waals surface area (Å²) in [5, 5.41) is 0. The van der Waals surface area contributed by atoms with Gasteiger partial charge in [-0.3, -0.25) is 9.69 Å². The van der Waals surface area contributed by atoms with Gasteiger partial charge in [0.1, 0.15) is 17.7 Å². The number of nitrogens with zero attached hydrogens (tertiary/aromatic N) is 2. The van der Waals surface area contributed by atoms with Gasteiger partial charge in [0.05, 0.1) is 0 Å². The van der Waals surface area contributed by atoms with Crippen molar-refractivity contribution in [2.45, 2.75) is 19.0 Å². The Hall–Kier alpha value is -1.73. The molecular weight excluding hydrogens is 407 g/mol. The van der Waals surface area contributed by atoms with E-state index in [1.54, 1.807) is 4.90 Å². The van der Waals surface area contributed by atoms with Crippen LogP contribution in [-0.2, 0) is 4.79 Å². The fourth-order valence-electron chi connectivity index (χ4n) is 3.37. The monoisotopic (exact) mass is 431 g/mol. The van der Waals surface area contributed by atoms with Crippen LogP contribution in [0.4, 0.5) is 8.78 Å². The second-order valence-corrected chi connectivity index (χ2v) is 6.59. The van der Waals surface area contributed by atoms with Crippen molar-refractivity contribution >= 4 is 30.7 Å². The zero-order chi connectivity index (χ0) is 18.7. The van der Waals surface area contributed by atoms with Gasteiger partial charge in [0.2, 0.25) is 5.91 Å². The molecule has 2 atom stereocenters. The molecule has 2 aromatic carbocycles. The predicted molar refractivity (Wildman–Crippen MR) is 111 cm³/mol. The van der Waals surface area contributed by atoms with Crippen LogP contribution in [-0.4, -0.2) is 41.9 Å². The number of hydrogen-bond acceptors (Lipinski definition) is 3. The molecule has 154 valence electrons. The molecule has 0 saturated carbocycles. The number of nitrogens with two attached hydrogens (primary N) is 1. The van der Waals surface area contributed by atoms with Crippen LogP contribution in [0.15, 0.2) is 48.5 Å². The number of benzene rings is 2. The number of rotatable bonds is 4. The Labute approximate surface area is 176 Å². The molecule has 2 aromatic rings. The van der Waals surface area contributed by atoms with Crippen LogP contribution in [0.3, 0.4) is 0 Å². The zero-order valence-corrected chi connectivity index (χ0v) is 17.2. The van der Waals surface area contributed by atoms with Crippen molar-refractivity contribution < 1.29 is 13.6 Å². The second-order valence-electron chi connectivity index (χ2n) is 6.59. The Balaban J connectivity index is 0.00000196. The maximum Gasteiger partial charge on any atom is 0.244 e. The van der Waals surface area contributed by atoms with Crippen molar-refractivity contribution in [2.24, 2.45) is 5.73 Å². The largest absolute Gasteiger partial charge is 0.338 e. The first-order valence-corrected chi connectivity index (χ1v) is 8.75. The minimum atomic E-state index is -0.672. The molecule has 2 unspecified atom stereocenters. The van der Waals surface area contributed by atoms with Crippen LogP contribution < -0.4 is 5.73 Å². The topological polar surface area (TPSA) is 49.6 Å². The minimum absolute atomic E-state index is 0. The summed E-state index contributed by atoms with van der Waals surface area (Å²) in [4.78, 5) is 16.5. The molecule has 4 nitrogen and oxygen atoms in total. The summed E-state index contributed by atoms with van der Waals surface area (Å²) < 4.78 is 27.1. The summed E-state index contributed by atoms with van der Waals surface area (Å²) >= 11 is 0. The molecular formula is C20H25Cl2F2N3O. The van der Waals surface area contributed by atoms with Crippen LogP contribution in [0.5, 0.6) is 0 Å². The summed E-state index contributed by atoms with van der Waals surface area (Å²) in [5.74, 6) is -1.22. The lowest BCUT2D eigenvalue weighted by molar-refractivity contribution is -0.134. The molecule has 0 aliphatic carbocycles. The second kappa shape index (κ2) is 10.7. The van der Waals surface area contributed by atoms with Crippen LogP contribution in [0.25, 0.3) is 0 Å². The molecule has 1 aliphatic rings. The number of hydrogen-bond donors (Lipinski definition) is 1. The van der Waals surface area contributed by atoms with Gasteiger partial charge in [0, 0.05) is 43.9 Å². The van der Waals surface area contributed by atoms with E-state index in [1.807, 2.05) is 37.3 Å². The molecule has 28 heavy (non-hydrogen) atoms. The number of amides is 1. The molecule has 8 heteroatoms. The summed E-state index contributed by atoms with van der Waals surface area (Å²) in [6.07, 6.45) is 0. The lowest BCUT2D eigenvalue weighted by atomic mass is 10.0. The predicted octanol–water partition coefficient (Wildman–Crippen LogP) is 3.71. The number of carbonyl (C=O) groups is 1. The zero-order valence-electron chi connectivity index (χ0n) is 15.6. The highest BCUT2D eigenvalue weighted by Gasteiger charge is 2.29. The van der Waals surface area contributed by atoms with Gasteiger partial charge in [0.25, 0.3) is 0 Å². The van der Waals surface area contributed by atoms with E-state index in [0.717, 1.165) is 11.6 Å². The summed E-state index contributed by atoms with van der Waals surface area (Å²) in [6.45, 7) is 4.19. The van der Waals surface area contributed by atoms with E-state index in [4.69, 9.17) is 5.73 Å². The van der Waals surface area contributed by atoms with E-state index in [-0.39, 0.29) is 36.8 Å². The summed E-state index contributed by atoms with van der Waals surface area (Å²) in [5.41, 5.74) is 7.36. The molecule has 1 heterocycles. The van der Waals surface area contributed by atoms with E-state index < -0.39 is 17.7 Å². The Morgan fingerprint density at radius 1 is 1.00 bits per heavy atom. The third-order valence-corrected chi connectivity index (χ3v) is 5.01. The summed E-state index contributed by atoms with van der Waals surface area (Å²) in [7, 11) is 0. The van der Waals surface area contributed by atoms with Gasteiger partial charge in [-0.15, -0.1) is 24.8 Å². The highest BCUT2D eigenvalue weighted by Crippen LogP contribution is 2.25. The minimum Gasteiger partial charge on any atom is -0.338 e. The molecule has 0 aromatic heterocycles. The maximum absolute atomic E-state index is 14.0. The van der Waals surface area contributed by atoms with Crippen LogP contribution in [0.2, 0.25) is 0 Å². The van der Waals surface area contributed by atoms with Gasteiger partial charge < -0.3 is 10.6 Å². The lowest BCUT2D eigenvalue weighted by Gasteiger charge is -2.39. The molecule has 0 bridgehead atoms. The van der Waals surface area contributed by atoms with Crippen molar-refractivity contribution in [2.75, 3.05) is 26.2 Å². The normalized spacial score (nSPS) is 16.5. The smallest absolute Gasteiger partial charge is 0.244 e. The van der Waals surface area contributed by atoms with E-state index >= 15 is 0 Å². The van der Waals surface area contributed by atoms with E-state index in [0.29, 0.717) is 31.7 Å². The standard InChI is InChI=1S/C20H23F2N3O.2ClH/c1-14(17-8-7-16(21)13-18(17)22)24-9-11-25(12-10-24)20(26)19(23)15-5-3-2-4-6-15;;/h2-8,13-14,19H,9-12,23H2,1H3;2*1H. The van der Waals surface area contributed by atoms with Crippen LogP contribution in [0, 0.1) is 11.6 Å². The first kappa shape index (κ1) is 24.3. The third-order valence-electron chi connectivity index (χ3n) is 5.01. The lowest BCUT2D eigenvalue weighted by Crippen LogP contribution is -2.51. The maximum atomic E-state index is 14.0. The quantitative estimate of drug-likeness (QED) is 0.802. The van der Waals surface area contributed by atoms with Crippen molar-refractivity contribution in [1.82, 2.24) is 9.80 Å². The highest BCUT2D eigenvalue weighted by atomic mass is 35.5. The molecule has 1 amide bonds. The van der Waals surface area contributed by atoms with Crippen molar-refractivity contribution in [1.29, 1.82) is 0 Å². The molecule has 0 spiro atoms. The van der Waals surface area contributed by atoms with Gasteiger partial charge in [-0.1, -0.05) is 36.4 Å². The molecule has 1 fully saturated rings. The Bertz CT molecular complexity index is 771. The number of halogens is 4. The first-order valence-electron chi connectivity index (χ1n) is 8.75. The van der Waals surface area contributed by atoms with E-state index in [1.165, 1.54) is 12.1 Å². The Morgan fingerprint density at radius 3 is 2.18 bits per heavy atom. The first-order chi connectivity index (χ1) is 12.5. The van der Waals surface area contributed by atoms with Gasteiger partial charge >= 0.3 is 0 Å². The Morgan fingerprint density at radius 2 is 1.61 bits per heavy atom. The van der Waals surface area contributed by atoms with E-state index in [2.05, 4.69) is 4.90 Å². The van der Waals surface area contributed by atoms with Crippen molar-refractivity contribution in [3.8, 4) is 0 Å². The summed E-state index contributed by atoms with van der Waals surface area (Å²) in [6, 6.07) is 12.1. The SMILES string of the molecule is CC(c1ccc(F)cc1F)N1CCN(C(=O)C(N)c2ccccc2)CC1.Cl.Cl. The van der Waals surface area contributed by atoms with E-state index in [9.17, 15) is 13.6 Å². The molecule has 2 N–H and O–H groups in total. The van der Waals surface area contributed by atoms with Crippen molar-refractivity contribution in [3.05, 3.63) is 71.3 Å². The molecule has 0 radical (unpaired) electrons. The van der Waals surface area contributed by atoms with Crippen molar-refractivity contribution in [3.63, 3.8) is 0 Å². The van der Waals surface area contributed by atoms with Gasteiger partial charge in [0.15, 0.2) is 0 Å². The van der Waals surface area contributed by atoms with Gasteiger partial charge in [-0.05, 0) is 18.6 Å². The fourth-order valence-corrected chi connectivity index (χ4v) is 3.37. The molecule has 3 rings (SSSR count). The Kier molecular flexibility index (Phi) is 9.30. The van der Waals surface area contributed by atoms with Gasteiger partial charge in [-0.25, -0.2) is 8.78 Å². The number of carbonyl (C=O) groups excluding carboxylic acids is 1. The van der Waals surface area contributed by atoms with Crippen LogP contribution in [0.1, 0.15) is 30.1 Å². The fraction of sp³-hybridized carbons (Fsp3) is 0.350. The third kappa shape index (κ3) is 5.41. The molecule has 1 saturated heterocycles.